The molecule has 1 N–H and O–H groups in total. The van der Waals surface area contributed by atoms with Crippen LogP contribution in [0, 0.1) is 17.5 Å². The van der Waals surface area contributed by atoms with Crippen LogP contribution in [-0.2, 0) is 11.2 Å². The number of carbonyl (C=O) groups excluding carboxylic acids is 1. The fraction of sp³-hybridized carbons (Fsp3) is 0.367. The summed E-state index contributed by atoms with van der Waals surface area (Å²) < 4.78 is 45.2. The second kappa shape index (κ2) is 13.4. The molecule has 8 heteroatoms. The van der Waals surface area contributed by atoms with Gasteiger partial charge in [-0.15, -0.1) is 0 Å². The summed E-state index contributed by atoms with van der Waals surface area (Å²) in [5, 5.41) is 3.69. The van der Waals surface area contributed by atoms with Crippen LogP contribution in [0.25, 0.3) is 0 Å². The number of rotatable bonds is 10. The molecule has 1 aliphatic carbocycles. The van der Waals surface area contributed by atoms with Crippen LogP contribution in [0.2, 0.25) is 5.02 Å². The standard InChI is InChI=1S/C30H32ClF3N2OS/c1-20(36(29-19-24(33)13-17-28(29)34)38-26-14-10-22(31)11-15-26)27-16-12-23(32)18-21(27)6-5-9-30(37)35-25-7-3-2-4-8-25/h10-20,25H,2-9H2,1H3,(H,35,37). The molecular weight excluding hydrogens is 529 g/mol. The first-order chi connectivity index (χ1) is 18.3. The maximum absolute atomic E-state index is 15.0. The summed E-state index contributed by atoms with van der Waals surface area (Å²) >= 11 is 7.28. The number of carbonyl (C=O) groups is 1. The predicted molar refractivity (Wildman–Crippen MR) is 149 cm³/mol. The van der Waals surface area contributed by atoms with Crippen molar-refractivity contribution >= 4 is 35.1 Å². The Bertz CT molecular complexity index is 1230. The molecule has 0 radical (unpaired) electrons. The van der Waals surface area contributed by atoms with Gasteiger partial charge in [0.05, 0.1) is 11.7 Å². The van der Waals surface area contributed by atoms with Gasteiger partial charge < -0.3 is 9.62 Å². The zero-order valence-corrected chi connectivity index (χ0v) is 22.9. The van der Waals surface area contributed by atoms with Gasteiger partial charge >= 0.3 is 0 Å². The van der Waals surface area contributed by atoms with Gasteiger partial charge in [-0.1, -0.05) is 36.9 Å². The topological polar surface area (TPSA) is 32.3 Å². The molecule has 3 nitrogen and oxygen atoms in total. The molecule has 0 saturated heterocycles. The normalized spacial score (nSPS) is 14.8. The number of amides is 1. The van der Waals surface area contributed by atoms with Crippen molar-refractivity contribution in [3.63, 3.8) is 0 Å². The molecule has 0 heterocycles. The van der Waals surface area contributed by atoms with Gasteiger partial charge in [0.1, 0.15) is 17.5 Å². The summed E-state index contributed by atoms with van der Waals surface area (Å²) in [4.78, 5) is 13.3. The lowest BCUT2D eigenvalue weighted by molar-refractivity contribution is -0.122. The van der Waals surface area contributed by atoms with E-state index in [1.807, 2.05) is 6.92 Å². The second-order valence-electron chi connectivity index (χ2n) is 9.74. The molecule has 1 amide bonds. The van der Waals surface area contributed by atoms with Crippen LogP contribution in [-0.4, -0.2) is 11.9 Å². The van der Waals surface area contributed by atoms with E-state index in [0.29, 0.717) is 24.3 Å². The number of nitrogens with one attached hydrogen (secondary N) is 1. The van der Waals surface area contributed by atoms with E-state index in [-0.39, 0.29) is 23.5 Å². The molecular formula is C30H32ClF3N2OS. The highest BCUT2D eigenvalue weighted by atomic mass is 35.5. The summed E-state index contributed by atoms with van der Waals surface area (Å²) in [5.41, 5.74) is 1.60. The van der Waals surface area contributed by atoms with Crippen molar-refractivity contribution in [3.8, 4) is 0 Å². The number of hydrogen-bond donors (Lipinski definition) is 1. The van der Waals surface area contributed by atoms with Crippen molar-refractivity contribution in [2.24, 2.45) is 0 Å². The Kier molecular flexibility index (Phi) is 10.0. The van der Waals surface area contributed by atoms with E-state index in [0.717, 1.165) is 59.9 Å². The average Bonchev–Trinajstić information content (AvgIpc) is 2.90. The minimum atomic E-state index is -0.567. The fourth-order valence-corrected chi connectivity index (χ4v) is 6.03. The maximum atomic E-state index is 15.0. The fourth-order valence-electron chi connectivity index (χ4n) is 4.91. The summed E-state index contributed by atoms with van der Waals surface area (Å²) in [7, 11) is 0. The zero-order chi connectivity index (χ0) is 27.1. The van der Waals surface area contributed by atoms with E-state index >= 15 is 0 Å². The quantitative estimate of drug-likeness (QED) is 0.251. The third kappa shape index (κ3) is 7.70. The van der Waals surface area contributed by atoms with Crippen molar-refractivity contribution in [2.45, 2.75) is 75.3 Å². The van der Waals surface area contributed by atoms with E-state index in [2.05, 4.69) is 5.32 Å². The third-order valence-electron chi connectivity index (χ3n) is 6.89. The van der Waals surface area contributed by atoms with Crippen molar-refractivity contribution in [1.82, 2.24) is 5.32 Å². The second-order valence-corrected chi connectivity index (χ2v) is 11.2. The number of anilines is 1. The van der Waals surface area contributed by atoms with Crippen molar-refractivity contribution < 1.29 is 18.0 Å². The molecule has 38 heavy (non-hydrogen) atoms. The maximum Gasteiger partial charge on any atom is 0.220 e. The van der Waals surface area contributed by atoms with Crippen LogP contribution >= 0.6 is 23.5 Å². The number of halogens is 4. The Morgan fingerprint density at radius 1 is 1.00 bits per heavy atom. The molecule has 0 bridgehead atoms. The van der Waals surface area contributed by atoms with Gasteiger partial charge in [-0.25, -0.2) is 13.2 Å². The Balaban J connectivity index is 1.54. The zero-order valence-electron chi connectivity index (χ0n) is 21.4. The van der Waals surface area contributed by atoms with E-state index in [1.54, 1.807) is 34.6 Å². The summed E-state index contributed by atoms with van der Waals surface area (Å²) in [6.07, 6.45) is 6.95. The lowest BCUT2D eigenvalue weighted by Gasteiger charge is -2.32. The molecule has 1 fully saturated rings. The van der Waals surface area contributed by atoms with Crippen molar-refractivity contribution in [3.05, 3.63) is 94.3 Å². The Labute approximate surface area is 231 Å². The SMILES string of the molecule is CC(c1ccc(F)cc1CCCC(=O)NC1CCCCC1)N(Sc1ccc(Cl)cc1)c1cc(F)ccc1F. The lowest BCUT2D eigenvalue weighted by atomic mass is 9.95. The van der Waals surface area contributed by atoms with Gasteiger partial charge in [-0.3, -0.25) is 4.79 Å². The first kappa shape index (κ1) is 28.4. The highest BCUT2D eigenvalue weighted by molar-refractivity contribution is 8.00. The molecule has 1 atom stereocenters. The summed E-state index contributed by atoms with van der Waals surface area (Å²) in [6, 6.07) is 14.8. The number of hydrogen-bond acceptors (Lipinski definition) is 3. The van der Waals surface area contributed by atoms with Crippen LogP contribution in [0.5, 0.6) is 0 Å². The highest BCUT2D eigenvalue weighted by Crippen LogP contribution is 2.40. The number of nitrogens with zero attached hydrogens (tertiary/aromatic N) is 1. The molecule has 3 aromatic rings. The monoisotopic (exact) mass is 560 g/mol. The van der Waals surface area contributed by atoms with Gasteiger partial charge in [0.2, 0.25) is 5.91 Å². The molecule has 1 unspecified atom stereocenters. The van der Waals surface area contributed by atoms with Crippen molar-refractivity contribution in [1.29, 1.82) is 0 Å². The van der Waals surface area contributed by atoms with E-state index in [4.69, 9.17) is 11.6 Å². The molecule has 0 aliphatic heterocycles. The van der Waals surface area contributed by atoms with Crippen LogP contribution in [0.3, 0.4) is 0 Å². The smallest absolute Gasteiger partial charge is 0.220 e. The Morgan fingerprint density at radius 2 is 1.68 bits per heavy atom. The highest BCUT2D eigenvalue weighted by Gasteiger charge is 2.24. The van der Waals surface area contributed by atoms with Crippen LogP contribution in [0.15, 0.2) is 65.6 Å². The molecule has 1 aliphatic rings. The minimum Gasteiger partial charge on any atom is -0.353 e. The average molecular weight is 561 g/mol. The molecule has 3 aromatic carbocycles. The lowest BCUT2D eigenvalue weighted by Crippen LogP contribution is -2.36. The summed E-state index contributed by atoms with van der Waals surface area (Å²) in [6.45, 7) is 1.87. The molecule has 4 rings (SSSR count). The third-order valence-corrected chi connectivity index (χ3v) is 8.33. The van der Waals surface area contributed by atoms with E-state index in [1.165, 1.54) is 30.5 Å². The molecule has 0 aromatic heterocycles. The van der Waals surface area contributed by atoms with Gasteiger partial charge in [0.25, 0.3) is 0 Å². The van der Waals surface area contributed by atoms with Crippen LogP contribution in [0.1, 0.15) is 69.0 Å². The van der Waals surface area contributed by atoms with Crippen LogP contribution in [0.4, 0.5) is 18.9 Å². The molecule has 0 spiro atoms. The first-order valence-electron chi connectivity index (χ1n) is 13.1. The molecule has 1 saturated carbocycles. The van der Waals surface area contributed by atoms with Gasteiger partial charge in [0, 0.05) is 28.4 Å². The summed E-state index contributed by atoms with van der Waals surface area (Å²) in [5.74, 6) is -1.48. The minimum absolute atomic E-state index is 0.0182. The number of aryl methyl sites for hydroxylation is 1. The van der Waals surface area contributed by atoms with E-state index < -0.39 is 17.7 Å². The predicted octanol–water partition coefficient (Wildman–Crippen LogP) is 8.80. The van der Waals surface area contributed by atoms with Crippen LogP contribution < -0.4 is 9.62 Å². The Hall–Kier alpha value is -2.64. The first-order valence-corrected chi connectivity index (χ1v) is 14.2. The molecule has 202 valence electrons. The van der Waals surface area contributed by atoms with Gasteiger partial charge in [-0.05, 0) is 104 Å². The largest absolute Gasteiger partial charge is 0.353 e. The van der Waals surface area contributed by atoms with Crippen molar-refractivity contribution in [2.75, 3.05) is 4.31 Å². The van der Waals surface area contributed by atoms with Gasteiger partial charge in [-0.2, -0.15) is 0 Å². The number of benzene rings is 3. The Morgan fingerprint density at radius 3 is 2.42 bits per heavy atom. The van der Waals surface area contributed by atoms with E-state index in [9.17, 15) is 18.0 Å². The van der Waals surface area contributed by atoms with Gasteiger partial charge in [0.15, 0.2) is 0 Å².